The molecule has 1 aliphatic heterocycles. The molecule has 1 heterocycles. The van der Waals surface area contributed by atoms with E-state index >= 15 is 0 Å². The Labute approximate surface area is 154 Å². The predicted molar refractivity (Wildman–Crippen MR) is 96.6 cm³/mol. The van der Waals surface area contributed by atoms with Crippen LogP contribution in [0.4, 0.5) is 8.78 Å². The Morgan fingerprint density at radius 2 is 1.69 bits per heavy atom. The predicted octanol–water partition coefficient (Wildman–Crippen LogP) is 5.28. The van der Waals surface area contributed by atoms with Crippen LogP contribution in [0, 0.1) is 23.5 Å². The molecule has 3 rings (SSSR count). The van der Waals surface area contributed by atoms with Crippen LogP contribution >= 0.6 is 0 Å². The molecule has 1 unspecified atom stereocenters. The zero-order chi connectivity index (χ0) is 18.5. The van der Waals surface area contributed by atoms with Crippen molar-refractivity contribution in [2.75, 3.05) is 19.8 Å². The molecule has 0 radical (unpaired) electrons. The van der Waals surface area contributed by atoms with Gasteiger partial charge in [-0.15, -0.1) is 0 Å². The van der Waals surface area contributed by atoms with Crippen LogP contribution < -0.4 is 9.47 Å². The lowest BCUT2D eigenvalue weighted by atomic mass is 9.78. The lowest BCUT2D eigenvalue weighted by molar-refractivity contribution is 0.0205. The van der Waals surface area contributed by atoms with E-state index in [0.29, 0.717) is 12.5 Å². The fourth-order valence-electron chi connectivity index (χ4n) is 3.73. The van der Waals surface area contributed by atoms with Gasteiger partial charge in [0.1, 0.15) is 6.61 Å². The van der Waals surface area contributed by atoms with E-state index in [0.717, 1.165) is 12.3 Å². The second-order valence-corrected chi connectivity index (χ2v) is 7.34. The maximum Gasteiger partial charge on any atom is 0.204 e. The van der Waals surface area contributed by atoms with Crippen LogP contribution in [0.15, 0.2) is 23.8 Å². The summed E-state index contributed by atoms with van der Waals surface area (Å²) in [5, 5.41) is 0. The van der Waals surface area contributed by atoms with E-state index in [1.807, 2.05) is 0 Å². The van der Waals surface area contributed by atoms with Crippen LogP contribution in [0.2, 0.25) is 0 Å². The van der Waals surface area contributed by atoms with Crippen LogP contribution in [0.25, 0.3) is 0 Å². The fourth-order valence-corrected chi connectivity index (χ4v) is 3.73. The number of hydrogen-bond donors (Lipinski definition) is 0. The van der Waals surface area contributed by atoms with Crippen molar-refractivity contribution in [2.24, 2.45) is 11.8 Å². The highest BCUT2D eigenvalue weighted by Gasteiger charge is 2.25. The van der Waals surface area contributed by atoms with Crippen LogP contribution in [0.1, 0.15) is 46.0 Å². The molecule has 0 N–H and O–H groups in total. The quantitative estimate of drug-likeness (QED) is 0.641. The van der Waals surface area contributed by atoms with Gasteiger partial charge in [0, 0.05) is 0 Å². The van der Waals surface area contributed by atoms with Gasteiger partial charge in [-0.2, -0.15) is 8.78 Å². The van der Waals surface area contributed by atoms with Crippen molar-refractivity contribution in [3.8, 4) is 11.5 Å². The maximum atomic E-state index is 14.0. The Morgan fingerprint density at radius 3 is 2.27 bits per heavy atom. The van der Waals surface area contributed by atoms with Gasteiger partial charge in [-0.3, -0.25) is 0 Å². The third-order valence-electron chi connectivity index (χ3n) is 5.40. The first kappa shape index (κ1) is 19.2. The maximum absolute atomic E-state index is 14.0. The number of rotatable bonds is 6. The molecule has 1 aromatic rings. The Morgan fingerprint density at radius 1 is 1.04 bits per heavy atom. The summed E-state index contributed by atoms with van der Waals surface area (Å²) < 4.78 is 44.3. The molecule has 0 amide bonds. The average Bonchev–Trinajstić information content (AvgIpc) is 2.66. The van der Waals surface area contributed by atoms with Crippen molar-refractivity contribution in [1.29, 1.82) is 0 Å². The number of benzene rings is 1. The Bertz CT molecular complexity index is 636. The summed E-state index contributed by atoms with van der Waals surface area (Å²) in [6.07, 6.45) is 7.95. The summed E-state index contributed by atoms with van der Waals surface area (Å²) in [6.45, 7) is 5.14. The summed E-state index contributed by atoms with van der Waals surface area (Å²) in [4.78, 5) is 0. The highest BCUT2D eigenvalue weighted by atomic mass is 19.2. The van der Waals surface area contributed by atoms with Crippen molar-refractivity contribution in [2.45, 2.75) is 52.1 Å². The fraction of sp³-hybridized carbons (Fsp3) is 0.619. The largest absolute Gasteiger partial charge is 0.491 e. The molecule has 1 atom stereocenters. The van der Waals surface area contributed by atoms with Gasteiger partial charge in [0.2, 0.25) is 11.6 Å². The first-order chi connectivity index (χ1) is 12.6. The molecule has 144 valence electrons. The molecule has 0 bridgehead atoms. The molecule has 26 heavy (non-hydrogen) atoms. The van der Waals surface area contributed by atoms with Crippen molar-refractivity contribution in [1.82, 2.24) is 0 Å². The van der Waals surface area contributed by atoms with Crippen molar-refractivity contribution in [3.63, 3.8) is 0 Å². The molecule has 0 spiro atoms. The van der Waals surface area contributed by atoms with Gasteiger partial charge < -0.3 is 14.2 Å². The van der Waals surface area contributed by atoms with Gasteiger partial charge in [0.25, 0.3) is 0 Å². The van der Waals surface area contributed by atoms with Crippen LogP contribution in [-0.2, 0) is 4.74 Å². The standard InChI is InChI=1S/C21H28F2O3/c1-3-24-18-10-11-19(21(23)20(18)22)26-13-17-9-8-16(12-25-17)15-6-4-14(2)5-7-15/h8,10-11,14-15,17H,3-7,9,12-13H2,1-2H3. The van der Waals surface area contributed by atoms with E-state index in [-0.39, 0.29) is 30.8 Å². The molecule has 5 heteroatoms. The summed E-state index contributed by atoms with van der Waals surface area (Å²) in [5.41, 5.74) is 1.39. The molecular formula is C21H28F2O3. The number of ether oxygens (including phenoxy) is 3. The Kier molecular flexibility index (Phi) is 6.52. The average molecular weight is 366 g/mol. The molecule has 0 saturated heterocycles. The molecule has 3 nitrogen and oxygen atoms in total. The first-order valence-corrected chi connectivity index (χ1v) is 9.62. The van der Waals surface area contributed by atoms with Crippen LogP contribution in [-0.4, -0.2) is 25.9 Å². The topological polar surface area (TPSA) is 27.7 Å². The second-order valence-electron chi connectivity index (χ2n) is 7.34. The van der Waals surface area contributed by atoms with Gasteiger partial charge in [-0.1, -0.05) is 25.8 Å². The zero-order valence-corrected chi connectivity index (χ0v) is 15.6. The van der Waals surface area contributed by atoms with Crippen molar-refractivity contribution in [3.05, 3.63) is 35.4 Å². The molecule has 1 saturated carbocycles. The molecule has 1 fully saturated rings. The molecule has 1 aromatic carbocycles. The molecule has 2 aliphatic rings. The highest BCUT2D eigenvalue weighted by molar-refractivity contribution is 5.35. The smallest absolute Gasteiger partial charge is 0.204 e. The molecular weight excluding hydrogens is 338 g/mol. The lowest BCUT2D eigenvalue weighted by Crippen LogP contribution is -2.28. The van der Waals surface area contributed by atoms with Gasteiger partial charge in [0.15, 0.2) is 11.5 Å². The normalized spacial score (nSPS) is 26.3. The van der Waals surface area contributed by atoms with E-state index in [2.05, 4.69) is 13.0 Å². The number of halogens is 2. The van der Waals surface area contributed by atoms with Crippen LogP contribution in [0.5, 0.6) is 11.5 Å². The Hall–Kier alpha value is -1.62. The third kappa shape index (κ3) is 4.56. The van der Waals surface area contributed by atoms with Gasteiger partial charge in [0.05, 0.1) is 19.3 Å². The van der Waals surface area contributed by atoms with Gasteiger partial charge in [-0.25, -0.2) is 0 Å². The number of hydrogen-bond acceptors (Lipinski definition) is 3. The van der Waals surface area contributed by atoms with Crippen molar-refractivity contribution >= 4 is 0 Å². The van der Waals surface area contributed by atoms with E-state index in [1.165, 1.54) is 43.4 Å². The van der Waals surface area contributed by atoms with E-state index < -0.39 is 11.6 Å². The van der Waals surface area contributed by atoms with Gasteiger partial charge in [-0.05, 0) is 55.7 Å². The van der Waals surface area contributed by atoms with E-state index in [1.54, 1.807) is 6.92 Å². The van der Waals surface area contributed by atoms with Gasteiger partial charge >= 0.3 is 0 Å². The van der Waals surface area contributed by atoms with Crippen LogP contribution in [0.3, 0.4) is 0 Å². The van der Waals surface area contributed by atoms with E-state index in [9.17, 15) is 8.78 Å². The summed E-state index contributed by atoms with van der Waals surface area (Å²) in [5.74, 6) is -0.749. The second kappa shape index (κ2) is 8.85. The van der Waals surface area contributed by atoms with E-state index in [4.69, 9.17) is 14.2 Å². The third-order valence-corrected chi connectivity index (χ3v) is 5.40. The minimum absolute atomic E-state index is 0.0966. The molecule has 1 aliphatic carbocycles. The SMILES string of the molecule is CCOc1ccc(OCC2CC=C(C3CCC(C)CC3)CO2)c(F)c1F. The minimum atomic E-state index is -1.01. The summed E-state index contributed by atoms with van der Waals surface area (Å²) in [6, 6.07) is 2.79. The zero-order valence-electron chi connectivity index (χ0n) is 15.6. The summed E-state index contributed by atoms with van der Waals surface area (Å²) in [7, 11) is 0. The Balaban J connectivity index is 1.51. The minimum Gasteiger partial charge on any atom is -0.491 e. The highest BCUT2D eigenvalue weighted by Crippen LogP contribution is 2.35. The first-order valence-electron chi connectivity index (χ1n) is 9.62. The lowest BCUT2D eigenvalue weighted by Gasteiger charge is -2.31. The monoisotopic (exact) mass is 366 g/mol. The van der Waals surface area contributed by atoms with Crippen molar-refractivity contribution < 1.29 is 23.0 Å². The summed E-state index contributed by atoms with van der Waals surface area (Å²) >= 11 is 0. The molecule has 0 aromatic heterocycles.